The van der Waals surface area contributed by atoms with E-state index in [1.165, 1.54) is 0 Å². The number of carbonyl (C=O) groups is 1. The molecule has 144 valence electrons. The van der Waals surface area contributed by atoms with Crippen LogP contribution >= 0.6 is 11.6 Å². The van der Waals surface area contributed by atoms with Crippen molar-refractivity contribution in [1.82, 2.24) is 29.5 Å². The third-order valence-electron chi connectivity index (χ3n) is 4.96. The van der Waals surface area contributed by atoms with Gasteiger partial charge in [0.1, 0.15) is 12.7 Å². The van der Waals surface area contributed by atoms with Crippen molar-refractivity contribution in [2.45, 2.75) is 13.0 Å². The van der Waals surface area contributed by atoms with Crippen molar-refractivity contribution in [2.24, 2.45) is 0 Å². The van der Waals surface area contributed by atoms with Crippen LogP contribution in [0.2, 0.25) is 5.02 Å². The Labute approximate surface area is 168 Å². The molecule has 0 atom stereocenters. The topological polar surface area (TPSA) is 67.2 Å². The van der Waals surface area contributed by atoms with Crippen molar-refractivity contribution < 1.29 is 4.79 Å². The number of halogens is 1. The Morgan fingerprint density at radius 2 is 1.79 bits per heavy atom. The van der Waals surface area contributed by atoms with Gasteiger partial charge in [0.25, 0.3) is 5.91 Å². The molecule has 1 fully saturated rings. The third-order valence-corrected chi connectivity index (χ3v) is 5.30. The molecule has 1 saturated heterocycles. The fourth-order valence-corrected chi connectivity index (χ4v) is 3.58. The Hall–Kier alpha value is -2.77. The zero-order valence-electron chi connectivity index (χ0n) is 15.4. The van der Waals surface area contributed by atoms with Gasteiger partial charge in [-0.1, -0.05) is 11.6 Å². The summed E-state index contributed by atoms with van der Waals surface area (Å²) >= 11 is 6.23. The second-order valence-corrected chi connectivity index (χ2v) is 7.21. The first kappa shape index (κ1) is 18.6. The minimum Gasteiger partial charge on any atom is -0.337 e. The highest BCUT2D eigenvalue weighted by Gasteiger charge is 2.21. The lowest BCUT2D eigenvalue weighted by atomic mass is 10.1. The minimum absolute atomic E-state index is 0.0686. The zero-order valence-corrected chi connectivity index (χ0v) is 16.2. The molecule has 0 bridgehead atoms. The van der Waals surface area contributed by atoms with Crippen LogP contribution in [-0.2, 0) is 6.54 Å². The summed E-state index contributed by atoms with van der Waals surface area (Å²) in [5, 5.41) is 8.30. The van der Waals surface area contributed by atoms with Gasteiger partial charge < -0.3 is 4.90 Å². The Morgan fingerprint density at radius 1 is 1.00 bits per heavy atom. The summed E-state index contributed by atoms with van der Waals surface area (Å²) < 4.78 is 1.81. The molecule has 7 nitrogen and oxygen atoms in total. The Balaban J connectivity index is 1.38. The van der Waals surface area contributed by atoms with Gasteiger partial charge in [-0.2, -0.15) is 0 Å². The molecule has 8 heteroatoms. The summed E-state index contributed by atoms with van der Waals surface area (Å²) in [7, 11) is 0. The lowest BCUT2D eigenvalue weighted by Gasteiger charge is -2.22. The highest BCUT2D eigenvalue weighted by Crippen LogP contribution is 2.18. The predicted molar refractivity (Wildman–Crippen MR) is 106 cm³/mol. The summed E-state index contributed by atoms with van der Waals surface area (Å²) in [4.78, 5) is 21.2. The fourth-order valence-electron chi connectivity index (χ4n) is 3.40. The van der Waals surface area contributed by atoms with Crippen molar-refractivity contribution >= 4 is 17.5 Å². The molecule has 1 aromatic carbocycles. The van der Waals surface area contributed by atoms with Gasteiger partial charge in [-0.15, -0.1) is 10.2 Å². The largest absolute Gasteiger partial charge is 0.337 e. The van der Waals surface area contributed by atoms with Crippen molar-refractivity contribution in [2.75, 3.05) is 26.2 Å². The van der Waals surface area contributed by atoms with E-state index in [9.17, 15) is 4.79 Å². The second-order valence-electron chi connectivity index (χ2n) is 6.81. The average Bonchev–Trinajstić information content (AvgIpc) is 3.16. The van der Waals surface area contributed by atoms with Crippen LogP contribution in [0.4, 0.5) is 0 Å². The highest BCUT2D eigenvalue weighted by molar-refractivity contribution is 6.31. The number of pyridine rings is 1. The first-order valence-electron chi connectivity index (χ1n) is 9.26. The molecule has 0 unspecified atom stereocenters. The van der Waals surface area contributed by atoms with E-state index in [0.29, 0.717) is 17.1 Å². The van der Waals surface area contributed by atoms with Crippen molar-refractivity contribution in [3.8, 4) is 5.69 Å². The zero-order chi connectivity index (χ0) is 19.3. The predicted octanol–water partition coefficient (Wildman–Crippen LogP) is 2.66. The molecule has 1 aliphatic rings. The van der Waals surface area contributed by atoms with Crippen LogP contribution in [0.25, 0.3) is 5.69 Å². The molecule has 0 N–H and O–H groups in total. The van der Waals surface area contributed by atoms with E-state index in [0.717, 1.165) is 43.9 Å². The fraction of sp³-hybridized carbons (Fsp3) is 0.300. The summed E-state index contributed by atoms with van der Waals surface area (Å²) in [6, 6.07) is 9.49. The van der Waals surface area contributed by atoms with Gasteiger partial charge in [0.05, 0.1) is 5.02 Å². The molecule has 1 aliphatic heterocycles. The van der Waals surface area contributed by atoms with Crippen LogP contribution in [0.1, 0.15) is 22.3 Å². The number of hydrogen-bond donors (Lipinski definition) is 0. The normalized spacial score (nSPS) is 15.4. The number of nitrogens with zero attached hydrogens (tertiary/aromatic N) is 6. The van der Waals surface area contributed by atoms with Crippen LogP contribution in [-0.4, -0.2) is 61.6 Å². The van der Waals surface area contributed by atoms with Crippen molar-refractivity contribution in [3.05, 3.63) is 71.5 Å². The first-order chi connectivity index (χ1) is 13.7. The summed E-state index contributed by atoms with van der Waals surface area (Å²) in [6.07, 6.45) is 7.64. The van der Waals surface area contributed by atoms with Gasteiger partial charge in [0.2, 0.25) is 0 Å². The van der Waals surface area contributed by atoms with Crippen molar-refractivity contribution in [3.63, 3.8) is 0 Å². The van der Waals surface area contributed by atoms with Crippen LogP contribution in [0.3, 0.4) is 0 Å². The summed E-state index contributed by atoms with van der Waals surface area (Å²) in [5.41, 5.74) is 2.70. The van der Waals surface area contributed by atoms with E-state index >= 15 is 0 Å². The van der Waals surface area contributed by atoms with Gasteiger partial charge in [-0.3, -0.25) is 19.2 Å². The highest BCUT2D eigenvalue weighted by atomic mass is 35.5. The quantitative estimate of drug-likeness (QED) is 0.678. The Kier molecular flexibility index (Phi) is 5.64. The molecule has 3 heterocycles. The Morgan fingerprint density at radius 3 is 2.54 bits per heavy atom. The standard InChI is InChI=1S/C20H21ClN6O/c21-19-12-22-7-6-17(19)13-25-8-1-9-26(11-10-25)20(28)16-2-4-18(5-3-16)27-14-23-24-15-27/h2-7,12,14-15H,1,8-11,13H2. The van der Waals surface area contributed by atoms with Crippen LogP contribution in [0.5, 0.6) is 0 Å². The molecule has 0 saturated carbocycles. The maximum atomic E-state index is 12.9. The van der Waals surface area contributed by atoms with Gasteiger partial charge >= 0.3 is 0 Å². The minimum atomic E-state index is 0.0686. The number of aromatic nitrogens is 4. The molecule has 0 aliphatic carbocycles. The van der Waals surface area contributed by atoms with E-state index in [4.69, 9.17) is 11.6 Å². The van der Waals surface area contributed by atoms with Crippen LogP contribution in [0, 0.1) is 0 Å². The maximum Gasteiger partial charge on any atom is 0.253 e. The van der Waals surface area contributed by atoms with E-state index < -0.39 is 0 Å². The molecular formula is C20H21ClN6O. The SMILES string of the molecule is O=C(c1ccc(-n2cnnc2)cc1)N1CCCN(Cc2ccncc2Cl)CC1. The van der Waals surface area contributed by atoms with Crippen LogP contribution < -0.4 is 0 Å². The van der Waals surface area contributed by atoms with Crippen molar-refractivity contribution in [1.29, 1.82) is 0 Å². The first-order valence-corrected chi connectivity index (χ1v) is 9.63. The van der Waals surface area contributed by atoms with Gasteiger partial charge in [0.15, 0.2) is 0 Å². The molecule has 2 aromatic heterocycles. The molecule has 3 aromatic rings. The smallest absolute Gasteiger partial charge is 0.253 e. The molecule has 0 spiro atoms. The monoisotopic (exact) mass is 396 g/mol. The number of rotatable bonds is 4. The number of amides is 1. The van der Waals surface area contributed by atoms with E-state index in [2.05, 4.69) is 20.1 Å². The Bertz CT molecular complexity index is 928. The number of benzene rings is 1. The third kappa shape index (κ3) is 4.21. The number of hydrogen-bond acceptors (Lipinski definition) is 5. The average molecular weight is 397 g/mol. The summed E-state index contributed by atoms with van der Waals surface area (Å²) in [6.45, 7) is 4.00. The van der Waals surface area contributed by atoms with Crippen LogP contribution in [0.15, 0.2) is 55.4 Å². The lowest BCUT2D eigenvalue weighted by molar-refractivity contribution is 0.0761. The van der Waals surface area contributed by atoms with Gasteiger partial charge in [0, 0.05) is 56.4 Å². The maximum absolute atomic E-state index is 12.9. The number of carbonyl (C=O) groups excluding carboxylic acids is 1. The molecule has 4 rings (SSSR count). The summed E-state index contributed by atoms with van der Waals surface area (Å²) in [5.74, 6) is 0.0686. The molecule has 0 radical (unpaired) electrons. The lowest BCUT2D eigenvalue weighted by Crippen LogP contribution is -2.35. The van der Waals surface area contributed by atoms with E-state index in [1.807, 2.05) is 39.8 Å². The molecule has 28 heavy (non-hydrogen) atoms. The molecule has 1 amide bonds. The van der Waals surface area contributed by atoms with E-state index in [-0.39, 0.29) is 5.91 Å². The van der Waals surface area contributed by atoms with Gasteiger partial charge in [-0.25, -0.2) is 0 Å². The van der Waals surface area contributed by atoms with E-state index in [1.54, 1.807) is 25.0 Å². The van der Waals surface area contributed by atoms with Gasteiger partial charge in [-0.05, 0) is 42.3 Å². The molecular weight excluding hydrogens is 376 g/mol. The second kappa shape index (κ2) is 8.50.